The van der Waals surface area contributed by atoms with Crippen molar-refractivity contribution in [2.45, 2.75) is 83.2 Å². The van der Waals surface area contributed by atoms with Gasteiger partial charge in [-0.2, -0.15) is 0 Å². The van der Waals surface area contributed by atoms with E-state index in [1.165, 1.54) is 25.7 Å². The van der Waals surface area contributed by atoms with Crippen LogP contribution < -0.4 is 5.32 Å². The lowest BCUT2D eigenvalue weighted by Gasteiger charge is -2.33. The van der Waals surface area contributed by atoms with Gasteiger partial charge in [0, 0.05) is 30.6 Å². The molecule has 0 radical (unpaired) electrons. The number of rotatable bonds is 4. The zero-order valence-corrected chi connectivity index (χ0v) is 19.1. The smallest absolute Gasteiger partial charge is 0.253 e. The maximum Gasteiger partial charge on any atom is 0.253 e. The summed E-state index contributed by atoms with van der Waals surface area (Å²) in [6, 6.07) is 6.54. The molecule has 0 unspecified atom stereocenters. The Morgan fingerprint density at radius 3 is 2.41 bits per heavy atom. The van der Waals surface area contributed by atoms with Crippen LogP contribution in [0.3, 0.4) is 0 Å². The van der Waals surface area contributed by atoms with Gasteiger partial charge in [-0.15, -0.1) is 5.10 Å². The molecule has 1 aliphatic heterocycles. The van der Waals surface area contributed by atoms with Gasteiger partial charge in [-0.3, -0.25) is 9.59 Å². The number of likely N-dealkylation sites (tertiary alicyclic amines) is 1. The van der Waals surface area contributed by atoms with Crippen LogP contribution in [0.4, 0.5) is 0 Å². The number of piperidine rings is 1. The van der Waals surface area contributed by atoms with Crippen LogP contribution in [0.15, 0.2) is 18.2 Å². The molecular formula is C25H35N5O2. The minimum Gasteiger partial charge on any atom is -0.353 e. The van der Waals surface area contributed by atoms with Crippen molar-refractivity contribution >= 4 is 22.8 Å². The van der Waals surface area contributed by atoms with Crippen LogP contribution in [0, 0.1) is 11.8 Å². The molecule has 2 saturated carbocycles. The van der Waals surface area contributed by atoms with E-state index in [1.54, 1.807) is 0 Å². The highest BCUT2D eigenvalue weighted by molar-refractivity contribution is 5.97. The lowest BCUT2D eigenvalue weighted by atomic mass is 9.86. The average Bonchev–Trinajstić information content (AvgIpc) is 3.49. The molecule has 7 heteroatoms. The van der Waals surface area contributed by atoms with E-state index in [0.717, 1.165) is 55.5 Å². The Kier molecular flexibility index (Phi) is 6.15. The monoisotopic (exact) mass is 437 g/mol. The van der Waals surface area contributed by atoms with Crippen molar-refractivity contribution in [2.24, 2.45) is 11.8 Å². The van der Waals surface area contributed by atoms with Gasteiger partial charge in [0.2, 0.25) is 5.91 Å². The maximum absolute atomic E-state index is 13.1. The van der Waals surface area contributed by atoms with Crippen molar-refractivity contribution in [3.63, 3.8) is 0 Å². The van der Waals surface area contributed by atoms with Crippen LogP contribution in [-0.2, 0) is 4.79 Å². The first-order valence-electron chi connectivity index (χ1n) is 12.5. The molecule has 0 spiro atoms. The predicted molar refractivity (Wildman–Crippen MR) is 123 cm³/mol. The Hall–Kier alpha value is -2.44. The molecule has 2 aromatic rings. The summed E-state index contributed by atoms with van der Waals surface area (Å²) in [5, 5.41) is 12.0. The van der Waals surface area contributed by atoms with Crippen LogP contribution in [-0.4, -0.2) is 50.8 Å². The fraction of sp³-hybridized carbons (Fsp3) is 0.680. The largest absolute Gasteiger partial charge is 0.353 e. The van der Waals surface area contributed by atoms with Crippen LogP contribution in [0.5, 0.6) is 0 Å². The van der Waals surface area contributed by atoms with Gasteiger partial charge in [0.15, 0.2) is 0 Å². The van der Waals surface area contributed by atoms with Crippen LogP contribution >= 0.6 is 0 Å². The van der Waals surface area contributed by atoms with Gasteiger partial charge < -0.3 is 10.2 Å². The second-order valence-electron chi connectivity index (χ2n) is 10.2. The van der Waals surface area contributed by atoms with Gasteiger partial charge in [0.25, 0.3) is 5.91 Å². The zero-order chi connectivity index (χ0) is 22.1. The highest BCUT2D eigenvalue weighted by Gasteiger charge is 2.30. The molecule has 0 bridgehead atoms. The predicted octanol–water partition coefficient (Wildman–Crippen LogP) is 4.09. The SMILES string of the molecule is CC1CCC(NC(=O)C2CCN(C(=O)c3ccc4c(c3)nnn4C3CCCC3)CC2)CC1. The first-order chi connectivity index (χ1) is 15.6. The molecule has 0 atom stereocenters. The number of fused-ring (bicyclic) bond motifs is 1. The number of amides is 2. The van der Waals surface area contributed by atoms with E-state index in [-0.39, 0.29) is 17.7 Å². The lowest BCUT2D eigenvalue weighted by Crippen LogP contribution is -2.46. The fourth-order valence-electron chi connectivity index (χ4n) is 5.74. The summed E-state index contributed by atoms with van der Waals surface area (Å²) < 4.78 is 2.04. The van der Waals surface area contributed by atoms with Gasteiger partial charge in [-0.1, -0.05) is 25.0 Å². The Balaban J connectivity index is 1.17. The number of nitrogens with one attached hydrogen (secondary N) is 1. The van der Waals surface area contributed by atoms with E-state index in [2.05, 4.69) is 22.6 Å². The Morgan fingerprint density at radius 1 is 0.969 bits per heavy atom. The number of carbonyl (C=O) groups excluding carboxylic acids is 2. The molecule has 1 saturated heterocycles. The molecular weight excluding hydrogens is 402 g/mol. The summed E-state index contributed by atoms with van der Waals surface area (Å²) in [4.78, 5) is 27.7. The molecule has 172 valence electrons. The van der Waals surface area contributed by atoms with E-state index in [1.807, 2.05) is 27.8 Å². The summed E-state index contributed by atoms with van der Waals surface area (Å²) in [7, 11) is 0. The molecule has 1 aromatic heterocycles. The third-order valence-corrected chi connectivity index (χ3v) is 7.90. The van der Waals surface area contributed by atoms with Crippen molar-refractivity contribution in [1.29, 1.82) is 0 Å². The summed E-state index contributed by atoms with van der Waals surface area (Å²) >= 11 is 0. The summed E-state index contributed by atoms with van der Waals surface area (Å²) in [5.74, 6) is 1.01. The summed E-state index contributed by atoms with van der Waals surface area (Å²) in [5.41, 5.74) is 2.47. The number of carbonyl (C=O) groups is 2. The minimum atomic E-state index is 0.0205. The minimum absolute atomic E-state index is 0.0205. The van der Waals surface area contributed by atoms with Crippen molar-refractivity contribution in [1.82, 2.24) is 25.2 Å². The fourth-order valence-corrected chi connectivity index (χ4v) is 5.74. The molecule has 7 nitrogen and oxygen atoms in total. The maximum atomic E-state index is 13.1. The summed E-state index contributed by atoms with van der Waals surface area (Å²) in [6.45, 7) is 3.55. The molecule has 1 aromatic carbocycles. The van der Waals surface area contributed by atoms with Crippen LogP contribution in [0.25, 0.3) is 11.0 Å². The second-order valence-corrected chi connectivity index (χ2v) is 10.2. The number of hydrogen-bond acceptors (Lipinski definition) is 4. The van der Waals surface area contributed by atoms with Gasteiger partial charge in [0.1, 0.15) is 5.52 Å². The Labute approximate surface area is 189 Å². The van der Waals surface area contributed by atoms with E-state index >= 15 is 0 Å². The van der Waals surface area contributed by atoms with E-state index in [0.29, 0.717) is 30.7 Å². The second kappa shape index (κ2) is 9.20. The van der Waals surface area contributed by atoms with Crippen LogP contribution in [0.1, 0.15) is 87.5 Å². The third-order valence-electron chi connectivity index (χ3n) is 7.90. The molecule has 5 rings (SSSR count). The molecule has 3 aliphatic rings. The summed E-state index contributed by atoms with van der Waals surface area (Å²) in [6.07, 6.45) is 10.9. The van der Waals surface area contributed by atoms with Gasteiger partial charge in [0.05, 0.1) is 11.6 Å². The first-order valence-corrected chi connectivity index (χ1v) is 12.5. The van der Waals surface area contributed by atoms with Crippen molar-refractivity contribution in [3.8, 4) is 0 Å². The van der Waals surface area contributed by atoms with Crippen molar-refractivity contribution < 1.29 is 9.59 Å². The number of benzene rings is 1. The highest BCUT2D eigenvalue weighted by atomic mass is 16.2. The highest BCUT2D eigenvalue weighted by Crippen LogP contribution is 2.31. The molecule has 32 heavy (non-hydrogen) atoms. The first kappa shape index (κ1) is 21.4. The molecule has 2 amide bonds. The lowest BCUT2D eigenvalue weighted by molar-refractivity contribution is -0.127. The normalized spacial score (nSPS) is 25.3. The molecule has 3 fully saturated rings. The van der Waals surface area contributed by atoms with Gasteiger partial charge >= 0.3 is 0 Å². The van der Waals surface area contributed by atoms with E-state index in [4.69, 9.17) is 0 Å². The number of aromatic nitrogens is 3. The van der Waals surface area contributed by atoms with Gasteiger partial charge in [-0.25, -0.2) is 4.68 Å². The topological polar surface area (TPSA) is 80.1 Å². The Bertz CT molecular complexity index is 964. The zero-order valence-electron chi connectivity index (χ0n) is 19.1. The van der Waals surface area contributed by atoms with Crippen LogP contribution in [0.2, 0.25) is 0 Å². The van der Waals surface area contributed by atoms with E-state index in [9.17, 15) is 9.59 Å². The van der Waals surface area contributed by atoms with Gasteiger partial charge in [-0.05, 0) is 75.5 Å². The third kappa shape index (κ3) is 4.39. The number of nitrogens with zero attached hydrogens (tertiary/aromatic N) is 4. The number of hydrogen-bond donors (Lipinski definition) is 1. The van der Waals surface area contributed by atoms with E-state index < -0.39 is 0 Å². The standard InChI is InChI=1S/C25H35N5O2/c1-17-6-9-20(10-7-17)26-24(31)18-12-14-29(15-13-18)25(32)19-8-11-23-22(16-19)27-28-30(23)21-4-2-3-5-21/h8,11,16-18,20-21H,2-7,9-10,12-15H2,1H3,(H,26,31). The van der Waals surface area contributed by atoms with Crippen molar-refractivity contribution in [2.75, 3.05) is 13.1 Å². The van der Waals surface area contributed by atoms with Crippen molar-refractivity contribution in [3.05, 3.63) is 23.8 Å². The molecule has 2 heterocycles. The quantitative estimate of drug-likeness (QED) is 0.781. The molecule has 2 aliphatic carbocycles. The molecule has 1 N–H and O–H groups in total. The average molecular weight is 438 g/mol. The Morgan fingerprint density at radius 2 is 1.69 bits per heavy atom.